The van der Waals surface area contributed by atoms with Crippen molar-refractivity contribution in [3.8, 4) is 0 Å². The van der Waals surface area contributed by atoms with E-state index in [4.69, 9.17) is 5.84 Å². The first-order valence-corrected chi connectivity index (χ1v) is 12.8. The van der Waals surface area contributed by atoms with Crippen molar-refractivity contribution in [1.82, 2.24) is 10.9 Å². The van der Waals surface area contributed by atoms with Crippen LogP contribution in [-0.4, -0.2) is 29.5 Å². The van der Waals surface area contributed by atoms with Gasteiger partial charge in [-0.3, -0.25) is 15.0 Å². The van der Waals surface area contributed by atoms with Crippen LogP contribution in [0.3, 0.4) is 0 Å². The Morgan fingerprint density at radius 1 is 0.848 bits per heavy atom. The first-order chi connectivity index (χ1) is 16.0. The Kier molecular flexibility index (Phi) is 9.89. The minimum atomic E-state index is -0.205. The molecule has 33 heavy (non-hydrogen) atoms. The molecule has 9 heteroatoms. The molecular weight excluding hydrogens is 472 g/mol. The summed E-state index contributed by atoms with van der Waals surface area (Å²) in [7, 11) is 0. The van der Waals surface area contributed by atoms with Crippen LogP contribution in [0.1, 0.15) is 11.1 Å². The highest BCUT2D eigenvalue weighted by atomic mass is 32.2. The molecule has 3 aromatic rings. The molecule has 3 aromatic carbocycles. The van der Waals surface area contributed by atoms with Crippen LogP contribution in [0.15, 0.2) is 97.5 Å². The van der Waals surface area contributed by atoms with Crippen molar-refractivity contribution in [3.63, 3.8) is 0 Å². The molecule has 3 rings (SSSR count). The molecule has 0 saturated heterocycles. The van der Waals surface area contributed by atoms with Gasteiger partial charge in [-0.25, -0.2) is 11.3 Å². The fourth-order valence-corrected chi connectivity index (χ4v) is 4.86. The van der Waals surface area contributed by atoms with Crippen LogP contribution in [0.25, 0.3) is 0 Å². The lowest BCUT2D eigenvalue weighted by atomic mass is 10.2. The van der Waals surface area contributed by atoms with Gasteiger partial charge in [0.1, 0.15) is 0 Å². The lowest BCUT2D eigenvalue weighted by molar-refractivity contribution is -0.119. The number of amides is 2. The molecule has 2 amide bonds. The molecule has 0 aliphatic carbocycles. The molecule has 0 aliphatic rings. The van der Waals surface area contributed by atoms with Gasteiger partial charge >= 0.3 is 0 Å². The zero-order valence-corrected chi connectivity index (χ0v) is 20.4. The van der Waals surface area contributed by atoms with Crippen LogP contribution in [0.2, 0.25) is 0 Å². The molecule has 6 nitrogen and oxygen atoms in total. The van der Waals surface area contributed by atoms with E-state index in [1.165, 1.54) is 23.5 Å². The molecule has 0 saturated carbocycles. The Morgan fingerprint density at radius 3 is 1.94 bits per heavy atom. The normalized spacial score (nSPS) is 10.8. The van der Waals surface area contributed by atoms with Gasteiger partial charge in [-0.05, 0) is 61.0 Å². The summed E-state index contributed by atoms with van der Waals surface area (Å²) in [6.07, 6.45) is 1.64. The highest BCUT2D eigenvalue weighted by Crippen LogP contribution is 2.31. The lowest BCUT2D eigenvalue weighted by Gasteiger charge is -2.06. The van der Waals surface area contributed by atoms with Gasteiger partial charge in [0.25, 0.3) is 0 Å². The molecule has 0 unspecified atom stereocenters. The van der Waals surface area contributed by atoms with Gasteiger partial charge in [-0.1, -0.05) is 41.6 Å². The van der Waals surface area contributed by atoms with Crippen molar-refractivity contribution >= 4 is 53.3 Å². The zero-order valence-electron chi connectivity index (χ0n) is 18.0. The third kappa shape index (κ3) is 8.97. The van der Waals surface area contributed by atoms with E-state index in [1.54, 1.807) is 18.0 Å². The average Bonchev–Trinajstić information content (AvgIpc) is 2.83. The van der Waals surface area contributed by atoms with Gasteiger partial charge in [-0.2, -0.15) is 5.10 Å². The van der Waals surface area contributed by atoms with E-state index >= 15 is 0 Å². The molecule has 0 heterocycles. The summed E-state index contributed by atoms with van der Waals surface area (Å²) in [4.78, 5) is 27.5. The first-order valence-electron chi connectivity index (χ1n) is 10.0. The van der Waals surface area contributed by atoms with Crippen LogP contribution in [0.4, 0.5) is 0 Å². The summed E-state index contributed by atoms with van der Waals surface area (Å²) in [5.74, 6) is 5.32. The van der Waals surface area contributed by atoms with Crippen molar-refractivity contribution in [2.45, 2.75) is 26.5 Å². The van der Waals surface area contributed by atoms with E-state index in [9.17, 15) is 9.59 Å². The molecule has 0 aliphatic heterocycles. The molecule has 0 radical (unpaired) electrons. The summed E-state index contributed by atoms with van der Waals surface area (Å²) < 4.78 is 0. The first kappa shape index (κ1) is 24.9. The molecular formula is C24H24N4O2S3. The second kappa shape index (κ2) is 13.1. The zero-order chi connectivity index (χ0) is 23.5. The van der Waals surface area contributed by atoms with Crippen molar-refractivity contribution in [2.75, 3.05) is 11.5 Å². The maximum Gasteiger partial charge on any atom is 0.250 e. The number of nitrogens with zero attached hydrogens (tertiary/aromatic N) is 1. The Morgan fingerprint density at radius 2 is 1.39 bits per heavy atom. The van der Waals surface area contributed by atoms with Gasteiger partial charge in [0.05, 0.1) is 17.7 Å². The third-order valence-corrected chi connectivity index (χ3v) is 7.27. The van der Waals surface area contributed by atoms with Gasteiger partial charge in [0, 0.05) is 19.6 Å². The van der Waals surface area contributed by atoms with Crippen LogP contribution < -0.4 is 16.7 Å². The van der Waals surface area contributed by atoms with E-state index in [1.807, 2.05) is 79.7 Å². The number of thioether (sulfide) groups is 2. The van der Waals surface area contributed by atoms with Gasteiger partial charge in [-0.15, -0.1) is 23.5 Å². The average molecular weight is 497 g/mol. The summed E-state index contributed by atoms with van der Waals surface area (Å²) in [6.45, 7) is 2.01. The second-order valence-corrected chi connectivity index (χ2v) is 10.1. The Labute approximate surface area is 206 Å². The molecule has 0 atom stereocenters. The molecule has 0 fully saturated rings. The van der Waals surface area contributed by atoms with E-state index in [0.29, 0.717) is 11.5 Å². The maximum absolute atomic E-state index is 12.0. The minimum Gasteiger partial charge on any atom is -0.294 e. The standard InChI is InChI=1S/C24H24N4O2S3/c1-17-3-2-4-18(13-17)14-26-28-24(30)16-32-20-7-11-22(12-8-20)33-21-9-5-19(6-10-21)31-15-23(29)27-25/h2-14H,15-16,25H2,1H3,(H,27,29)(H,28,30). The maximum atomic E-state index is 12.0. The summed E-state index contributed by atoms with van der Waals surface area (Å²) in [5.41, 5.74) is 6.78. The minimum absolute atomic E-state index is 0.149. The molecule has 170 valence electrons. The number of hydrazine groups is 1. The van der Waals surface area contributed by atoms with Gasteiger partial charge < -0.3 is 0 Å². The summed E-state index contributed by atoms with van der Waals surface area (Å²) in [6, 6.07) is 24.0. The van der Waals surface area contributed by atoms with Crippen LogP contribution >= 0.6 is 35.3 Å². The van der Waals surface area contributed by atoms with E-state index in [0.717, 1.165) is 30.7 Å². The quantitative estimate of drug-likeness (QED) is 0.126. The fourth-order valence-electron chi connectivity index (χ4n) is 2.64. The molecule has 4 N–H and O–H groups in total. The Balaban J connectivity index is 1.42. The smallest absolute Gasteiger partial charge is 0.250 e. The summed E-state index contributed by atoms with van der Waals surface area (Å²) in [5, 5.41) is 4.02. The van der Waals surface area contributed by atoms with Crippen LogP contribution in [0, 0.1) is 6.92 Å². The van der Waals surface area contributed by atoms with E-state index in [2.05, 4.69) is 16.0 Å². The van der Waals surface area contributed by atoms with E-state index < -0.39 is 0 Å². The number of aryl methyl sites for hydroxylation is 1. The monoisotopic (exact) mass is 496 g/mol. The number of benzene rings is 3. The molecule has 0 bridgehead atoms. The largest absolute Gasteiger partial charge is 0.294 e. The Hall–Kier alpha value is -2.72. The third-order valence-electron chi connectivity index (χ3n) is 4.23. The highest BCUT2D eigenvalue weighted by molar-refractivity contribution is 8.00. The number of carbonyl (C=O) groups is 2. The number of nitrogens with two attached hydrogens (primary N) is 1. The van der Waals surface area contributed by atoms with E-state index in [-0.39, 0.29) is 11.8 Å². The Bertz CT molecular complexity index is 1100. The number of carbonyl (C=O) groups excluding carboxylic acids is 2. The topological polar surface area (TPSA) is 96.6 Å². The van der Waals surface area contributed by atoms with Crippen molar-refractivity contribution in [2.24, 2.45) is 10.9 Å². The van der Waals surface area contributed by atoms with Crippen molar-refractivity contribution in [3.05, 3.63) is 83.9 Å². The van der Waals surface area contributed by atoms with Crippen molar-refractivity contribution in [1.29, 1.82) is 0 Å². The lowest BCUT2D eigenvalue weighted by Crippen LogP contribution is -2.31. The predicted molar refractivity (Wildman–Crippen MR) is 138 cm³/mol. The number of nitrogens with one attached hydrogen (secondary N) is 2. The second-order valence-electron chi connectivity index (χ2n) is 6.90. The number of hydrazone groups is 1. The van der Waals surface area contributed by atoms with Crippen molar-refractivity contribution < 1.29 is 9.59 Å². The highest BCUT2D eigenvalue weighted by Gasteiger charge is 2.04. The molecule has 0 aromatic heterocycles. The number of rotatable bonds is 10. The molecule has 0 spiro atoms. The van der Waals surface area contributed by atoms with Crippen LogP contribution in [0.5, 0.6) is 0 Å². The van der Waals surface area contributed by atoms with Gasteiger partial charge in [0.15, 0.2) is 0 Å². The van der Waals surface area contributed by atoms with Crippen LogP contribution in [-0.2, 0) is 9.59 Å². The van der Waals surface area contributed by atoms with Gasteiger partial charge in [0.2, 0.25) is 11.8 Å². The summed E-state index contributed by atoms with van der Waals surface area (Å²) >= 11 is 4.55. The SMILES string of the molecule is Cc1cccc(C=NNC(=O)CSc2ccc(Sc3ccc(SCC(=O)NN)cc3)cc2)c1. The number of hydrogen-bond donors (Lipinski definition) is 3. The fraction of sp³-hybridized carbons (Fsp3) is 0.125. The predicted octanol–water partition coefficient (Wildman–Crippen LogP) is 4.47. The number of hydrogen-bond acceptors (Lipinski definition) is 7.